The molecule has 161 valence electrons. The minimum absolute atomic E-state index is 0.291. The Balaban J connectivity index is 1.78. The summed E-state index contributed by atoms with van der Waals surface area (Å²) in [6.45, 7) is 0. The van der Waals surface area contributed by atoms with E-state index in [2.05, 4.69) is 121 Å². The third-order valence-corrected chi connectivity index (χ3v) is 20.0. The SMILES string of the molecule is [Cl][Pt]([Cl])[CH](CP(c1ccccc1)c1ccccc1)P(c1ccccc1)c1ccccc1. The van der Waals surface area contributed by atoms with Crippen LogP contribution in [0.15, 0.2) is 121 Å². The maximum absolute atomic E-state index is 6.91. The molecule has 0 aliphatic rings. The number of halogens is 2. The van der Waals surface area contributed by atoms with Crippen molar-refractivity contribution in [3.63, 3.8) is 0 Å². The van der Waals surface area contributed by atoms with Crippen LogP contribution in [0.3, 0.4) is 0 Å². The van der Waals surface area contributed by atoms with Crippen LogP contribution in [-0.2, 0) is 15.2 Å². The summed E-state index contributed by atoms with van der Waals surface area (Å²) in [4.78, 5) is 0. The first-order chi connectivity index (χ1) is 15.2. The molecule has 0 aromatic heterocycles. The molecule has 0 saturated carbocycles. The average molecular weight is 663 g/mol. The molecule has 1 unspecified atom stereocenters. The van der Waals surface area contributed by atoms with Crippen molar-refractivity contribution in [2.75, 3.05) is 6.16 Å². The summed E-state index contributed by atoms with van der Waals surface area (Å²) in [5.74, 6) is 0. The molecule has 1 atom stereocenters. The van der Waals surface area contributed by atoms with Crippen LogP contribution in [0.4, 0.5) is 0 Å². The van der Waals surface area contributed by atoms with Crippen molar-refractivity contribution in [2.45, 2.75) is 4.05 Å². The molecule has 5 heteroatoms. The molecule has 0 bridgehead atoms. The average Bonchev–Trinajstić information content (AvgIpc) is 2.84. The third kappa shape index (κ3) is 6.08. The van der Waals surface area contributed by atoms with Gasteiger partial charge in [0.2, 0.25) is 0 Å². The number of benzene rings is 4. The molecule has 0 heterocycles. The van der Waals surface area contributed by atoms with E-state index in [9.17, 15) is 0 Å². The van der Waals surface area contributed by atoms with E-state index in [0.717, 1.165) is 6.16 Å². The first kappa shape index (κ1) is 23.2. The molecule has 31 heavy (non-hydrogen) atoms. The fourth-order valence-corrected chi connectivity index (χ4v) is 19.6. The molecule has 0 spiro atoms. The molecule has 0 fully saturated rings. The molecule has 4 aromatic carbocycles. The molecular formula is C26H23Cl2P2Pt. The van der Waals surface area contributed by atoms with Gasteiger partial charge in [0.15, 0.2) is 0 Å². The Hall–Kier alpha value is -0.992. The number of hydrogen-bond acceptors (Lipinski definition) is 0. The van der Waals surface area contributed by atoms with Crippen molar-refractivity contribution in [3.05, 3.63) is 121 Å². The van der Waals surface area contributed by atoms with Crippen molar-refractivity contribution in [1.82, 2.24) is 0 Å². The second kappa shape index (κ2) is 11.7. The van der Waals surface area contributed by atoms with Gasteiger partial charge in [-0.25, -0.2) is 0 Å². The Morgan fingerprint density at radius 3 is 1.16 bits per heavy atom. The van der Waals surface area contributed by atoms with Crippen LogP contribution >= 0.6 is 34.7 Å². The topological polar surface area (TPSA) is 0 Å². The van der Waals surface area contributed by atoms with Gasteiger partial charge >= 0.3 is 203 Å². The zero-order chi connectivity index (χ0) is 21.5. The number of rotatable bonds is 8. The van der Waals surface area contributed by atoms with E-state index in [4.69, 9.17) is 18.8 Å². The molecule has 0 radical (unpaired) electrons. The Kier molecular flexibility index (Phi) is 8.78. The maximum atomic E-state index is 6.91. The zero-order valence-corrected chi connectivity index (χ0v) is 22.4. The Labute approximate surface area is 201 Å². The normalized spacial score (nSPS) is 12.7. The van der Waals surface area contributed by atoms with Gasteiger partial charge < -0.3 is 0 Å². The van der Waals surface area contributed by atoms with Gasteiger partial charge in [-0.2, -0.15) is 0 Å². The molecule has 4 aromatic rings. The molecular weight excluding hydrogens is 640 g/mol. The molecule has 0 amide bonds. The summed E-state index contributed by atoms with van der Waals surface area (Å²) >= 11 is -2.20. The predicted molar refractivity (Wildman–Crippen MR) is 139 cm³/mol. The fourth-order valence-electron chi connectivity index (χ4n) is 3.53. The van der Waals surface area contributed by atoms with Gasteiger partial charge in [0.1, 0.15) is 0 Å². The summed E-state index contributed by atoms with van der Waals surface area (Å²) in [6.07, 6.45) is 1.01. The van der Waals surface area contributed by atoms with Crippen molar-refractivity contribution < 1.29 is 15.2 Å². The van der Waals surface area contributed by atoms with Gasteiger partial charge in [-0.1, -0.05) is 0 Å². The van der Waals surface area contributed by atoms with E-state index < -0.39 is 31.1 Å². The Bertz CT molecular complexity index is 969. The molecule has 4 rings (SSSR count). The van der Waals surface area contributed by atoms with E-state index in [0.29, 0.717) is 4.05 Å². The van der Waals surface area contributed by atoms with E-state index in [1.165, 1.54) is 21.2 Å². The van der Waals surface area contributed by atoms with Gasteiger partial charge in [0.25, 0.3) is 0 Å². The monoisotopic (exact) mass is 662 g/mol. The summed E-state index contributed by atoms with van der Waals surface area (Å²) < 4.78 is 0.291. The molecule has 0 aliphatic heterocycles. The van der Waals surface area contributed by atoms with Gasteiger partial charge in [-0.15, -0.1) is 0 Å². The summed E-state index contributed by atoms with van der Waals surface area (Å²) in [5.41, 5.74) is 0. The predicted octanol–water partition coefficient (Wildman–Crippen LogP) is 6.50. The van der Waals surface area contributed by atoms with Crippen molar-refractivity contribution in [2.24, 2.45) is 0 Å². The minimum atomic E-state index is -2.20. The van der Waals surface area contributed by atoms with Crippen LogP contribution in [0.5, 0.6) is 0 Å². The third-order valence-electron chi connectivity index (χ3n) is 4.95. The van der Waals surface area contributed by atoms with Crippen LogP contribution < -0.4 is 21.2 Å². The van der Waals surface area contributed by atoms with Gasteiger partial charge in [0.05, 0.1) is 0 Å². The summed E-state index contributed by atoms with van der Waals surface area (Å²) in [5, 5.41) is 5.48. The van der Waals surface area contributed by atoms with E-state index >= 15 is 0 Å². The molecule has 0 saturated heterocycles. The van der Waals surface area contributed by atoms with Gasteiger partial charge in [-0.05, 0) is 0 Å². The van der Waals surface area contributed by atoms with Gasteiger partial charge in [-0.3, -0.25) is 0 Å². The number of hydrogen-bond donors (Lipinski definition) is 0. The standard InChI is InChI=1S/C26H23P2.2ClH.Pt/c1-5-13-23(14-6-1)27(24-15-7-2-8-16-24)21-22-28(25-17-9-3-10-18-25)26-19-11-4-12-20-26;;;/h1-21H,22H2;2*1H;/q;;;+2/p-2. The molecule has 0 N–H and O–H groups in total. The first-order valence-corrected chi connectivity index (χ1v) is 19.8. The Morgan fingerprint density at radius 1 is 0.516 bits per heavy atom. The van der Waals surface area contributed by atoms with Crippen LogP contribution in [-0.4, -0.2) is 10.2 Å². The summed E-state index contributed by atoms with van der Waals surface area (Å²) in [6, 6.07) is 43.4. The van der Waals surface area contributed by atoms with Crippen LogP contribution in [0.1, 0.15) is 0 Å². The van der Waals surface area contributed by atoms with Crippen molar-refractivity contribution in [1.29, 1.82) is 0 Å². The zero-order valence-electron chi connectivity index (χ0n) is 16.8. The van der Waals surface area contributed by atoms with E-state index in [1.54, 1.807) is 0 Å². The molecule has 0 aliphatic carbocycles. The van der Waals surface area contributed by atoms with E-state index in [-0.39, 0.29) is 0 Å². The second-order valence-corrected chi connectivity index (χ2v) is 20.7. The summed E-state index contributed by atoms with van der Waals surface area (Å²) in [7, 11) is 12.6. The first-order valence-electron chi connectivity index (χ1n) is 9.94. The van der Waals surface area contributed by atoms with Crippen LogP contribution in [0.2, 0.25) is 0 Å². The van der Waals surface area contributed by atoms with Crippen molar-refractivity contribution >= 4 is 55.9 Å². The van der Waals surface area contributed by atoms with Crippen LogP contribution in [0, 0.1) is 0 Å². The van der Waals surface area contributed by atoms with Gasteiger partial charge in [0, 0.05) is 0 Å². The van der Waals surface area contributed by atoms with E-state index in [1.807, 2.05) is 0 Å². The van der Waals surface area contributed by atoms with Crippen LogP contribution in [0.25, 0.3) is 0 Å². The second-order valence-electron chi connectivity index (χ2n) is 6.90. The Morgan fingerprint density at radius 2 is 0.839 bits per heavy atom. The fraction of sp³-hybridized carbons (Fsp3) is 0.0769. The molecule has 0 nitrogen and oxygen atoms in total. The quantitative estimate of drug-likeness (QED) is 0.189. The van der Waals surface area contributed by atoms with Crippen molar-refractivity contribution in [3.8, 4) is 0 Å².